The molecular weight excluding hydrogens is 398 g/mol. The molecule has 1 aliphatic heterocycles. The van der Waals surface area contributed by atoms with E-state index in [0.717, 1.165) is 32.5 Å². The van der Waals surface area contributed by atoms with Gasteiger partial charge in [-0.25, -0.2) is 0 Å². The summed E-state index contributed by atoms with van der Waals surface area (Å²) in [4.78, 5) is 2.57. The summed E-state index contributed by atoms with van der Waals surface area (Å²) in [6.45, 7) is 3.26. The van der Waals surface area contributed by atoms with Gasteiger partial charge in [0.25, 0.3) is 0 Å². The zero-order valence-corrected chi connectivity index (χ0v) is 18.5. The molecule has 1 aliphatic carbocycles. The van der Waals surface area contributed by atoms with Crippen molar-refractivity contribution in [2.24, 2.45) is 0 Å². The quantitative estimate of drug-likeness (QED) is 0.335. The van der Waals surface area contributed by atoms with Crippen molar-refractivity contribution in [1.29, 1.82) is 0 Å². The first-order valence-corrected chi connectivity index (χ1v) is 10.9. The van der Waals surface area contributed by atoms with Gasteiger partial charge in [-0.3, -0.25) is 4.90 Å². The maximum Gasteiger partial charge on any atom is 0.0166 e. The molecule has 0 bridgehead atoms. The van der Waals surface area contributed by atoms with Gasteiger partial charge in [0.05, 0.1) is 0 Å². The molecule has 0 N–H and O–H groups in total. The average Bonchev–Trinajstić information content (AvgIpc) is 2.97. The second-order valence-corrected chi connectivity index (χ2v) is 8.10. The molecule has 31 heavy (non-hydrogen) atoms. The minimum atomic E-state index is 0. The lowest BCUT2D eigenvalue weighted by Gasteiger charge is -2.29. The molecule has 2 aliphatic rings. The Morgan fingerprint density at radius 3 is 1.84 bits per heavy atom. The fourth-order valence-electron chi connectivity index (χ4n) is 4.60. The molecule has 0 atom stereocenters. The van der Waals surface area contributed by atoms with E-state index in [1.165, 1.54) is 33.4 Å². The standard InChI is InChI=1S/C29H27N.ClH/c1-2-9-23(10-3-1)11-8-20-30-21-18-26(19-22-30)29-27-14-6-4-12-24(27)16-17-25-13-5-7-15-28(25)29;/h1-17H,18-22H2;1H. The summed E-state index contributed by atoms with van der Waals surface area (Å²) in [7, 11) is 0. The van der Waals surface area contributed by atoms with E-state index in [0.29, 0.717) is 0 Å². The van der Waals surface area contributed by atoms with Crippen LogP contribution in [-0.4, -0.2) is 24.5 Å². The van der Waals surface area contributed by atoms with Crippen molar-refractivity contribution in [2.45, 2.75) is 12.8 Å². The molecule has 0 aromatic heterocycles. The van der Waals surface area contributed by atoms with Gasteiger partial charge in [0, 0.05) is 19.6 Å². The summed E-state index contributed by atoms with van der Waals surface area (Å²) in [5, 5.41) is 0. The van der Waals surface area contributed by atoms with Gasteiger partial charge in [0.2, 0.25) is 0 Å². The molecule has 1 fully saturated rings. The van der Waals surface area contributed by atoms with Crippen LogP contribution in [0.4, 0.5) is 0 Å². The second-order valence-electron chi connectivity index (χ2n) is 8.10. The predicted octanol–water partition coefficient (Wildman–Crippen LogP) is 7.20. The van der Waals surface area contributed by atoms with Crippen molar-refractivity contribution in [3.63, 3.8) is 0 Å². The Bertz CT molecular complexity index is 1060. The van der Waals surface area contributed by atoms with Gasteiger partial charge in [0.15, 0.2) is 0 Å². The normalized spacial score (nSPS) is 15.9. The number of nitrogens with zero attached hydrogens (tertiary/aromatic N) is 1. The Kier molecular flexibility index (Phi) is 6.86. The van der Waals surface area contributed by atoms with Crippen LogP contribution in [0.1, 0.15) is 40.7 Å². The predicted molar refractivity (Wildman–Crippen MR) is 136 cm³/mol. The van der Waals surface area contributed by atoms with Crippen molar-refractivity contribution < 1.29 is 0 Å². The highest BCUT2D eigenvalue weighted by Crippen LogP contribution is 2.38. The highest BCUT2D eigenvalue weighted by Gasteiger charge is 2.21. The van der Waals surface area contributed by atoms with Crippen molar-refractivity contribution in [2.75, 3.05) is 19.6 Å². The van der Waals surface area contributed by atoms with E-state index in [1.807, 2.05) is 0 Å². The zero-order valence-electron chi connectivity index (χ0n) is 17.7. The Hall–Kier alpha value is -2.87. The molecule has 0 amide bonds. The van der Waals surface area contributed by atoms with Crippen molar-refractivity contribution in [1.82, 2.24) is 4.90 Å². The fourth-order valence-corrected chi connectivity index (χ4v) is 4.60. The number of likely N-dealkylation sites (tertiary alicyclic amines) is 1. The van der Waals surface area contributed by atoms with E-state index in [4.69, 9.17) is 0 Å². The Labute approximate surface area is 191 Å². The fraction of sp³-hybridized carbons (Fsp3) is 0.172. The van der Waals surface area contributed by atoms with Crippen LogP contribution < -0.4 is 0 Å². The molecule has 1 saturated heterocycles. The Morgan fingerprint density at radius 2 is 1.23 bits per heavy atom. The molecule has 3 aromatic carbocycles. The number of rotatable bonds is 3. The van der Waals surface area contributed by atoms with Crippen LogP contribution in [0, 0.1) is 0 Å². The van der Waals surface area contributed by atoms with Crippen LogP contribution in [0.5, 0.6) is 0 Å². The first-order chi connectivity index (χ1) is 14.9. The van der Waals surface area contributed by atoms with E-state index in [-0.39, 0.29) is 12.4 Å². The van der Waals surface area contributed by atoms with Crippen LogP contribution in [0.25, 0.3) is 23.8 Å². The van der Waals surface area contributed by atoms with Crippen LogP contribution in [0.15, 0.2) is 90.5 Å². The monoisotopic (exact) mass is 425 g/mol. The molecule has 1 heterocycles. The summed E-state index contributed by atoms with van der Waals surface area (Å²) in [5.41, 5.74) is 9.75. The Balaban J connectivity index is 0.00000231. The summed E-state index contributed by atoms with van der Waals surface area (Å²) in [6, 6.07) is 28.3. The highest BCUT2D eigenvalue weighted by atomic mass is 35.5. The topological polar surface area (TPSA) is 3.24 Å². The summed E-state index contributed by atoms with van der Waals surface area (Å²) in [5.74, 6) is 0. The minimum Gasteiger partial charge on any atom is -0.299 e. The van der Waals surface area contributed by atoms with Crippen molar-refractivity contribution in [3.05, 3.63) is 118 Å². The van der Waals surface area contributed by atoms with Gasteiger partial charge < -0.3 is 0 Å². The summed E-state index contributed by atoms with van der Waals surface area (Å²) >= 11 is 0. The van der Waals surface area contributed by atoms with Crippen LogP contribution >= 0.6 is 12.4 Å². The van der Waals surface area contributed by atoms with E-state index < -0.39 is 0 Å². The Morgan fingerprint density at radius 1 is 0.677 bits per heavy atom. The largest absolute Gasteiger partial charge is 0.299 e. The maximum absolute atomic E-state index is 2.57. The van der Waals surface area contributed by atoms with Gasteiger partial charge >= 0.3 is 0 Å². The summed E-state index contributed by atoms with van der Waals surface area (Å²) in [6.07, 6.45) is 11.3. The minimum absolute atomic E-state index is 0. The first kappa shape index (κ1) is 21.4. The molecule has 0 radical (unpaired) electrons. The third-order valence-corrected chi connectivity index (χ3v) is 6.19. The van der Waals surface area contributed by atoms with Gasteiger partial charge in [-0.15, -0.1) is 12.4 Å². The average molecular weight is 426 g/mol. The summed E-state index contributed by atoms with van der Waals surface area (Å²) < 4.78 is 0. The molecule has 0 unspecified atom stereocenters. The van der Waals surface area contributed by atoms with E-state index in [9.17, 15) is 0 Å². The van der Waals surface area contributed by atoms with Crippen molar-refractivity contribution >= 4 is 36.2 Å². The number of fused-ring (bicyclic) bond motifs is 2. The van der Waals surface area contributed by atoms with Gasteiger partial charge in [-0.1, -0.05) is 109 Å². The third kappa shape index (κ3) is 4.74. The first-order valence-electron chi connectivity index (χ1n) is 10.9. The number of benzene rings is 3. The van der Waals surface area contributed by atoms with Gasteiger partial charge in [0.1, 0.15) is 0 Å². The van der Waals surface area contributed by atoms with E-state index in [2.05, 4.69) is 108 Å². The zero-order chi connectivity index (χ0) is 20.2. The molecule has 156 valence electrons. The molecule has 3 aromatic rings. The number of hydrogen-bond donors (Lipinski definition) is 0. The maximum atomic E-state index is 2.57. The van der Waals surface area contributed by atoms with E-state index in [1.54, 1.807) is 5.57 Å². The third-order valence-electron chi connectivity index (χ3n) is 6.19. The van der Waals surface area contributed by atoms with E-state index >= 15 is 0 Å². The number of halogens is 1. The molecule has 2 heteroatoms. The van der Waals surface area contributed by atoms with Crippen LogP contribution in [0.3, 0.4) is 0 Å². The molecule has 0 saturated carbocycles. The second kappa shape index (κ2) is 9.96. The van der Waals surface area contributed by atoms with Gasteiger partial charge in [-0.05, 0) is 46.2 Å². The lowest BCUT2D eigenvalue weighted by atomic mass is 9.86. The molecule has 1 nitrogen and oxygen atoms in total. The SMILES string of the molecule is C(=Cc1ccccc1)CN1CCC(=C2c3ccccc3C=Cc3ccccc32)CC1.Cl. The lowest BCUT2D eigenvalue weighted by Crippen LogP contribution is -2.31. The molecule has 5 rings (SSSR count). The number of piperidine rings is 1. The lowest BCUT2D eigenvalue weighted by molar-refractivity contribution is 0.284. The smallest absolute Gasteiger partial charge is 0.0166 e. The van der Waals surface area contributed by atoms with Crippen LogP contribution in [-0.2, 0) is 0 Å². The van der Waals surface area contributed by atoms with Gasteiger partial charge in [-0.2, -0.15) is 0 Å². The molecular formula is C29H28ClN. The number of hydrogen-bond acceptors (Lipinski definition) is 1. The van der Waals surface area contributed by atoms with Crippen LogP contribution in [0.2, 0.25) is 0 Å². The highest BCUT2D eigenvalue weighted by molar-refractivity contribution is 5.94. The molecule has 0 spiro atoms. The van der Waals surface area contributed by atoms with Crippen molar-refractivity contribution in [3.8, 4) is 0 Å².